The van der Waals surface area contributed by atoms with Gasteiger partial charge in [0, 0.05) is 40.3 Å². The molecule has 5 nitrogen and oxygen atoms in total. The number of hydrogen-bond acceptors (Lipinski definition) is 3. The Morgan fingerprint density at radius 3 is 2.08 bits per heavy atom. The third-order valence-electron chi connectivity index (χ3n) is 4.98. The van der Waals surface area contributed by atoms with E-state index in [1.165, 1.54) is 0 Å². The van der Waals surface area contributed by atoms with E-state index >= 15 is 0 Å². The first-order valence-corrected chi connectivity index (χ1v) is 8.55. The second kappa shape index (κ2) is 7.34. The Bertz CT molecular complexity index is 576. The average molecular weight is 331 g/mol. The van der Waals surface area contributed by atoms with E-state index in [1.807, 2.05) is 56.0 Å². The molecule has 1 aliphatic heterocycles. The second-order valence-corrected chi connectivity index (χ2v) is 7.23. The van der Waals surface area contributed by atoms with Crippen molar-refractivity contribution in [2.24, 2.45) is 0 Å². The van der Waals surface area contributed by atoms with E-state index in [9.17, 15) is 9.59 Å². The third kappa shape index (κ3) is 3.78. The lowest BCUT2D eigenvalue weighted by Gasteiger charge is -2.40. The maximum absolute atomic E-state index is 13.0. The third-order valence-corrected chi connectivity index (χ3v) is 4.98. The van der Waals surface area contributed by atoms with Crippen LogP contribution in [0, 0.1) is 0 Å². The summed E-state index contributed by atoms with van der Waals surface area (Å²) in [7, 11) is 3.56. The molecule has 2 rings (SSSR count). The number of hydrogen-bond donors (Lipinski definition) is 0. The zero-order valence-corrected chi connectivity index (χ0v) is 15.5. The highest BCUT2D eigenvalue weighted by Gasteiger charge is 2.36. The molecule has 1 fully saturated rings. The first-order valence-electron chi connectivity index (χ1n) is 8.55. The molecule has 0 spiro atoms. The normalized spacial score (nSPS) is 17.5. The van der Waals surface area contributed by atoms with Crippen molar-refractivity contribution in [1.82, 2.24) is 14.7 Å². The molecule has 1 saturated heterocycles. The summed E-state index contributed by atoms with van der Waals surface area (Å²) < 4.78 is 0. The number of amides is 2. The van der Waals surface area contributed by atoms with E-state index in [-0.39, 0.29) is 17.9 Å². The number of rotatable bonds is 4. The highest BCUT2D eigenvalue weighted by atomic mass is 16.2. The summed E-state index contributed by atoms with van der Waals surface area (Å²) in [6, 6.07) is 9.77. The standard InChI is InChI=1S/C19H29N3O2/c1-15(17(23)20(4)5)21-11-13-22(14-12-21)18(24)19(2,3)16-9-7-6-8-10-16/h6-10,15H,11-14H2,1-5H3. The minimum Gasteiger partial charge on any atom is -0.347 e. The van der Waals surface area contributed by atoms with Gasteiger partial charge in [0.15, 0.2) is 0 Å². The Labute approximate surface area is 145 Å². The molecular formula is C19H29N3O2. The van der Waals surface area contributed by atoms with Gasteiger partial charge in [0.25, 0.3) is 0 Å². The molecule has 0 bridgehead atoms. The first kappa shape index (κ1) is 18.5. The monoisotopic (exact) mass is 331 g/mol. The van der Waals surface area contributed by atoms with Crippen molar-refractivity contribution in [2.45, 2.75) is 32.2 Å². The van der Waals surface area contributed by atoms with Gasteiger partial charge in [-0.3, -0.25) is 14.5 Å². The summed E-state index contributed by atoms with van der Waals surface area (Å²) in [5.74, 6) is 0.263. The van der Waals surface area contributed by atoms with Crippen LogP contribution in [0.15, 0.2) is 30.3 Å². The van der Waals surface area contributed by atoms with E-state index in [0.717, 1.165) is 18.7 Å². The molecule has 1 aromatic carbocycles. The van der Waals surface area contributed by atoms with Crippen LogP contribution in [-0.2, 0) is 15.0 Å². The van der Waals surface area contributed by atoms with E-state index in [4.69, 9.17) is 0 Å². The van der Waals surface area contributed by atoms with Crippen LogP contribution in [0.1, 0.15) is 26.3 Å². The quantitative estimate of drug-likeness (QED) is 0.841. The lowest BCUT2D eigenvalue weighted by atomic mass is 9.83. The summed E-state index contributed by atoms with van der Waals surface area (Å²) in [4.78, 5) is 30.8. The van der Waals surface area contributed by atoms with Crippen LogP contribution >= 0.6 is 0 Å². The van der Waals surface area contributed by atoms with Crippen molar-refractivity contribution in [3.05, 3.63) is 35.9 Å². The van der Waals surface area contributed by atoms with Crippen LogP contribution in [-0.4, -0.2) is 72.8 Å². The molecule has 1 aromatic rings. The Hall–Kier alpha value is -1.88. The fraction of sp³-hybridized carbons (Fsp3) is 0.579. The van der Waals surface area contributed by atoms with Crippen molar-refractivity contribution >= 4 is 11.8 Å². The predicted octanol–water partition coefficient (Wildman–Crippen LogP) is 1.59. The molecule has 5 heteroatoms. The van der Waals surface area contributed by atoms with E-state index in [2.05, 4.69) is 4.90 Å². The van der Waals surface area contributed by atoms with Crippen molar-refractivity contribution in [3.8, 4) is 0 Å². The van der Waals surface area contributed by atoms with Crippen LogP contribution in [0.3, 0.4) is 0 Å². The van der Waals surface area contributed by atoms with Crippen LogP contribution < -0.4 is 0 Å². The molecule has 0 N–H and O–H groups in total. The molecule has 1 heterocycles. The van der Waals surface area contributed by atoms with Gasteiger partial charge in [-0.2, -0.15) is 0 Å². The summed E-state index contributed by atoms with van der Waals surface area (Å²) in [5.41, 5.74) is 0.502. The minimum absolute atomic E-state index is 0.111. The Morgan fingerprint density at radius 2 is 1.58 bits per heavy atom. The Kier molecular flexibility index (Phi) is 5.65. The van der Waals surface area contributed by atoms with E-state index in [0.29, 0.717) is 13.1 Å². The Morgan fingerprint density at radius 1 is 1.04 bits per heavy atom. The maximum Gasteiger partial charge on any atom is 0.239 e. The van der Waals surface area contributed by atoms with Crippen LogP contribution in [0.25, 0.3) is 0 Å². The van der Waals surface area contributed by atoms with Gasteiger partial charge in [0.05, 0.1) is 11.5 Å². The van der Waals surface area contributed by atoms with Gasteiger partial charge in [-0.1, -0.05) is 30.3 Å². The van der Waals surface area contributed by atoms with Crippen molar-refractivity contribution in [2.75, 3.05) is 40.3 Å². The molecule has 132 valence electrons. The summed E-state index contributed by atoms with van der Waals surface area (Å²) >= 11 is 0. The van der Waals surface area contributed by atoms with Crippen LogP contribution in [0.5, 0.6) is 0 Å². The first-order chi connectivity index (χ1) is 11.2. The molecule has 0 radical (unpaired) electrons. The van der Waals surface area contributed by atoms with Gasteiger partial charge in [0.1, 0.15) is 0 Å². The largest absolute Gasteiger partial charge is 0.347 e. The number of piperazine rings is 1. The molecule has 1 aliphatic rings. The fourth-order valence-corrected chi connectivity index (χ4v) is 3.22. The van der Waals surface area contributed by atoms with Crippen LogP contribution in [0.2, 0.25) is 0 Å². The van der Waals surface area contributed by atoms with E-state index < -0.39 is 5.41 Å². The molecule has 1 unspecified atom stereocenters. The van der Waals surface area contributed by atoms with Gasteiger partial charge >= 0.3 is 0 Å². The molecule has 0 aromatic heterocycles. The fourth-order valence-electron chi connectivity index (χ4n) is 3.22. The van der Waals surface area contributed by atoms with Gasteiger partial charge < -0.3 is 9.80 Å². The maximum atomic E-state index is 13.0. The van der Waals surface area contributed by atoms with Gasteiger partial charge in [-0.15, -0.1) is 0 Å². The lowest BCUT2D eigenvalue weighted by molar-refractivity contribution is -0.140. The smallest absolute Gasteiger partial charge is 0.239 e. The van der Waals surface area contributed by atoms with Crippen molar-refractivity contribution in [3.63, 3.8) is 0 Å². The molecule has 0 aliphatic carbocycles. The number of benzene rings is 1. The SMILES string of the molecule is CC(C(=O)N(C)C)N1CCN(C(=O)C(C)(C)c2ccccc2)CC1. The zero-order chi connectivity index (χ0) is 17.9. The summed E-state index contributed by atoms with van der Waals surface area (Å²) in [6.45, 7) is 8.70. The van der Waals surface area contributed by atoms with Gasteiger partial charge in [-0.25, -0.2) is 0 Å². The molecule has 1 atom stereocenters. The predicted molar refractivity (Wildman–Crippen MR) is 95.8 cm³/mol. The highest BCUT2D eigenvalue weighted by Crippen LogP contribution is 2.26. The summed E-state index contributed by atoms with van der Waals surface area (Å²) in [5, 5.41) is 0. The zero-order valence-electron chi connectivity index (χ0n) is 15.5. The average Bonchev–Trinajstić information content (AvgIpc) is 2.60. The Balaban J connectivity index is 1.99. The van der Waals surface area contributed by atoms with Crippen LogP contribution in [0.4, 0.5) is 0 Å². The molecule has 24 heavy (non-hydrogen) atoms. The molecular weight excluding hydrogens is 302 g/mol. The van der Waals surface area contributed by atoms with E-state index in [1.54, 1.807) is 19.0 Å². The highest BCUT2D eigenvalue weighted by molar-refractivity contribution is 5.87. The summed E-state index contributed by atoms with van der Waals surface area (Å²) in [6.07, 6.45) is 0. The second-order valence-electron chi connectivity index (χ2n) is 7.23. The number of nitrogens with zero attached hydrogens (tertiary/aromatic N) is 3. The van der Waals surface area contributed by atoms with Crippen molar-refractivity contribution in [1.29, 1.82) is 0 Å². The minimum atomic E-state index is -0.533. The number of carbonyl (C=O) groups excluding carboxylic acids is 2. The van der Waals surface area contributed by atoms with Gasteiger partial charge in [-0.05, 0) is 26.3 Å². The lowest BCUT2D eigenvalue weighted by Crippen LogP contribution is -2.57. The van der Waals surface area contributed by atoms with Gasteiger partial charge in [0.2, 0.25) is 11.8 Å². The molecule has 0 saturated carbocycles. The number of likely N-dealkylation sites (N-methyl/N-ethyl adjacent to an activating group) is 1. The number of carbonyl (C=O) groups is 2. The topological polar surface area (TPSA) is 43.9 Å². The van der Waals surface area contributed by atoms with Crippen molar-refractivity contribution < 1.29 is 9.59 Å². The molecule has 2 amide bonds.